The van der Waals surface area contributed by atoms with Crippen LogP contribution in [0.2, 0.25) is 0 Å². The number of benzene rings is 1. The molecule has 0 aliphatic rings. The van der Waals surface area contributed by atoms with Crippen molar-refractivity contribution in [3.8, 4) is 0 Å². The second-order valence-electron chi connectivity index (χ2n) is 6.79. The minimum Gasteiger partial charge on any atom is -0.309 e. The van der Waals surface area contributed by atoms with E-state index in [1.54, 1.807) is 18.3 Å². The lowest BCUT2D eigenvalue weighted by Gasteiger charge is -2.17. The highest BCUT2D eigenvalue weighted by Crippen LogP contribution is 2.23. The van der Waals surface area contributed by atoms with Gasteiger partial charge >= 0.3 is 0 Å². The highest BCUT2D eigenvalue weighted by molar-refractivity contribution is 5.90. The van der Waals surface area contributed by atoms with Gasteiger partial charge in [0.05, 0.1) is 5.69 Å². The molecule has 0 radical (unpaired) electrons. The van der Waals surface area contributed by atoms with Gasteiger partial charge in [0.1, 0.15) is 0 Å². The molecule has 0 atom stereocenters. The van der Waals surface area contributed by atoms with Crippen molar-refractivity contribution in [1.82, 2.24) is 4.98 Å². The van der Waals surface area contributed by atoms with E-state index in [0.29, 0.717) is 5.56 Å². The van der Waals surface area contributed by atoms with Crippen LogP contribution in [0.5, 0.6) is 0 Å². The minimum atomic E-state index is -1.47. The fraction of sp³-hybridized carbons (Fsp3) is 0.273. The normalized spacial score (nSPS) is 14.8. The van der Waals surface area contributed by atoms with E-state index in [0.717, 1.165) is 22.4 Å². The van der Waals surface area contributed by atoms with Gasteiger partial charge in [0.15, 0.2) is 0 Å². The lowest BCUT2D eigenvalue weighted by molar-refractivity contribution is 0.410. The predicted molar refractivity (Wildman–Crippen MR) is 104 cm³/mol. The van der Waals surface area contributed by atoms with Gasteiger partial charge in [-0.25, -0.2) is 0 Å². The van der Waals surface area contributed by atoms with E-state index in [9.17, 15) is 0 Å². The number of hydrogen-bond donors (Lipinski definition) is 1. The fourth-order valence-electron chi connectivity index (χ4n) is 2.39. The third-order valence-electron chi connectivity index (χ3n) is 3.44. The summed E-state index contributed by atoms with van der Waals surface area (Å²) < 4.78 is 16.7. The van der Waals surface area contributed by atoms with Crippen LogP contribution in [-0.2, 0) is 6.37 Å². The average Bonchev–Trinajstić information content (AvgIpc) is 2.61. The van der Waals surface area contributed by atoms with E-state index >= 15 is 0 Å². The third-order valence-corrected chi connectivity index (χ3v) is 3.44. The summed E-state index contributed by atoms with van der Waals surface area (Å²) in [5.41, 5.74) is 3.78. The van der Waals surface area contributed by atoms with Gasteiger partial charge in [0.2, 0.25) is 0 Å². The van der Waals surface area contributed by atoms with Crippen LogP contribution in [0.15, 0.2) is 60.8 Å². The number of nitrogens with zero attached hydrogens (tertiary/aromatic N) is 1. The lowest BCUT2D eigenvalue weighted by atomic mass is 9.88. The van der Waals surface area contributed by atoms with E-state index in [1.165, 1.54) is 6.21 Å². The Labute approximate surface area is 148 Å². The number of aromatic nitrogens is 1. The summed E-state index contributed by atoms with van der Waals surface area (Å²) in [6.07, 6.45) is 5.07. The summed E-state index contributed by atoms with van der Waals surface area (Å²) in [6.45, 7) is 7.67. The molecule has 0 saturated carbocycles. The maximum absolute atomic E-state index is 8.37. The number of pyridine rings is 1. The van der Waals surface area contributed by atoms with Gasteiger partial charge in [-0.15, -0.1) is 0 Å². The maximum atomic E-state index is 8.37. The Bertz CT molecular complexity index is 811. The monoisotopic (exact) mass is 320 g/mol. The Balaban J connectivity index is 2.38. The van der Waals surface area contributed by atoms with E-state index < -0.39 is 11.8 Å². The minimum absolute atomic E-state index is 0.520. The maximum Gasteiger partial charge on any atom is 0.0702 e. The van der Waals surface area contributed by atoms with Crippen molar-refractivity contribution in [1.29, 1.82) is 5.41 Å². The van der Waals surface area contributed by atoms with Crippen molar-refractivity contribution in [2.75, 3.05) is 0 Å². The summed E-state index contributed by atoms with van der Waals surface area (Å²) in [5, 5.41) is 7.44. The van der Waals surface area contributed by atoms with Crippen molar-refractivity contribution in [2.45, 2.75) is 34.1 Å². The molecule has 0 saturated heterocycles. The number of nitrogens with one attached hydrogen (secondary N) is 1. The largest absolute Gasteiger partial charge is 0.309 e. The van der Waals surface area contributed by atoms with Crippen LogP contribution < -0.4 is 0 Å². The lowest BCUT2D eigenvalue weighted by Crippen LogP contribution is -2.09. The SMILES string of the molecule is [2H]C([2H])(c1ccc(C(/C=C(\C)c2ccccc2)=C/C=N)nc1)C(C)(C)C. The van der Waals surface area contributed by atoms with Crippen LogP contribution in [0.1, 0.15) is 47.3 Å². The van der Waals surface area contributed by atoms with Crippen molar-refractivity contribution in [3.05, 3.63) is 77.6 Å². The Hall–Kier alpha value is -2.48. The molecule has 2 heteroatoms. The van der Waals surface area contributed by atoms with E-state index in [2.05, 4.69) is 4.98 Å². The molecule has 0 aliphatic carbocycles. The molecule has 0 bridgehead atoms. The third kappa shape index (κ3) is 5.31. The van der Waals surface area contributed by atoms with Crippen molar-refractivity contribution >= 4 is 17.4 Å². The summed E-state index contributed by atoms with van der Waals surface area (Å²) in [4.78, 5) is 4.47. The first-order valence-electron chi connectivity index (χ1n) is 9.08. The topological polar surface area (TPSA) is 36.7 Å². The first kappa shape index (κ1) is 15.1. The molecule has 0 fully saturated rings. The summed E-state index contributed by atoms with van der Waals surface area (Å²) in [6, 6.07) is 13.7. The van der Waals surface area contributed by atoms with Crippen molar-refractivity contribution in [3.63, 3.8) is 0 Å². The molecular formula is C22H26N2. The van der Waals surface area contributed by atoms with Gasteiger partial charge in [0, 0.05) is 20.7 Å². The molecule has 24 heavy (non-hydrogen) atoms. The Morgan fingerprint density at radius 3 is 2.42 bits per heavy atom. The second kappa shape index (κ2) is 7.87. The second-order valence-corrected chi connectivity index (χ2v) is 6.79. The highest BCUT2D eigenvalue weighted by atomic mass is 14.7. The zero-order valence-corrected chi connectivity index (χ0v) is 14.8. The standard InChI is InChI=1S/C22H26N2/c1-17(19-8-6-5-7-9-19)14-20(12-13-23)21-11-10-18(16-24-21)15-22(2,3)4/h5-14,16,23H,15H2,1-4H3/b17-14+,20-12+,23-13?/i15D2. The zero-order chi connectivity index (χ0) is 19.4. The van der Waals surface area contributed by atoms with Crippen LogP contribution in [-0.4, -0.2) is 11.2 Å². The zero-order valence-electron chi connectivity index (χ0n) is 16.8. The summed E-state index contributed by atoms with van der Waals surface area (Å²) in [7, 11) is 0. The number of rotatable bonds is 5. The fourth-order valence-corrected chi connectivity index (χ4v) is 2.39. The van der Waals surface area contributed by atoms with Gasteiger partial charge in [-0.1, -0.05) is 57.2 Å². The summed E-state index contributed by atoms with van der Waals surface area (Å²) in [5.74, 6) is 0. The molecular weight excluding hydrogens is 292 g/mol. The van der Waals surface area contributed by atoms with E-state index in [1.807, 2.05) is 70.2 Å². The molecule has 124 valence electrons. The van der Waals surface area contributed by atoms with E-state index in [-0.39, 0.29) is 0 Å². The van der Waals surface area contributed by atoms with Crippen molar-refractivity contribution < 1.29 is 2.74 Å². The van der Waals surface area contributed by atoms with E-state index in [4.69, 9.17) is 8.15 Å². The van der Waals surface area contributed by atoms with Crippen LogP contribution in [0.25, 0.3) is 11.1 Å². The Morgan fingerprint density at radius 2 is 1.88 bits per heavy atom. The van der Waals surface area contributed by atoms with Gasteiger partial charge < -0.3 is 5.41 Å². The first-order valence-corrected chi connectivity index (χ1v) is 8.08. The molecule has 1 aromatic heterocycles. The van der Waals surface area contributed by atoms with Crippen LogP contribution >= 0.6 is 0 Å². The molecule has 2 rings (SSSR count). The molecule has 1 heterocycles. The van der Waals surface area contributed by atoms with Gasteiger partial charge in [-0.2, -0.15) is 0 Å². The molecule has 0 spiro atoms. The molecule has 2 aromatic rings. The average molecular weight is 320 g/mol. The Morgan fingerprint density at radius 1 is 1.17 bits per heavy atom. The number of hydrogen-bond acceptors (Lipinski definition) is 2. The molecule has 1 N–H and O–H groups in total. The van der Waals surface area contributed by atoms with Crippen LogP contribution in [0.3, 0.4) is 0 Å². The van der Waals surface area contributed by atoms with Gasteiger partial charge in [-0.3, -0.25) is 4.98 Å². The van der Waals surface area contributed by atoms with Crippen molar-refractivity contribution in [2.24, 2.45) is 5.41 Å². The first-order chi connectivity index (χ1) is 12.2. The quantitative estimate of drug-likeness (QED) is 0.548. The number of allylic oxidation sites excluding steroid dienone is 4. The molecule has 1 aromatic carbocycles. The van der Waals surface area contributed by atoms with Crippen LogP contribution in [0, 0.1) is 10.8 Å². The van der Waals surface area contributed by atoms with Gasteiger partial charge in [0.25, 0.3) is 0 Å². The predicted octanol–water partition coefficient (Wildman–Crippen LogP) is 5.81. The molecule has 0 amide bonds. The molecule has 2 nitrogen and oxygen atoms in total. The van der Waals surface area contributed by atoms with Gasteiger partial charge in [-0.05, 0) is 53.6 Å². The highest BCUT2D eigenvalue weighted by Gasteiger charge is 2.11. The molecule has 0 aliphatic heterocycles. The molecule has 0 unspecified atom stereocenters. The smallest absolute Gasteiger partial charge is 0.0702 e. The summed E-state index contributed by atoms with van der Waals surface area (Å²) >= 11 is 0. The Kier molecular flexibility index (Phi) is 4.94. The van der Waals surface area contributed by atoms with Crippen LogP contribution in [0.4, 0.5) is 0 Å².